The molecule has 2 aliphatic rings. The number of carbonyl (C=O) groups excluding carboxylic acids is 2. The first-order valence-electron chi connectivity index (χ1n) is 10.5. The maximum Gasteiger partial charge on any atom is 0.417 e. The molecular formula is C22H24F3N5O2. The second-order valence-corrected chi connectivity index (χ2v) is 7.93. The molecule has 0 radical (unpaired) electrons. The highest BCUT2D eigenvalue weighted by Gasteiger charge is 2.43. The molecule has 1 aromatic heterocycles. The average molecular weight is 447 g/mol. The van der Waals surface area contributed by atoms with Gasteiger partial charge in [0.25, 0.3) is 5.91 Å². The van der Waals surface area contributed by atoms with Gasteiger partial charge in [0.15, 0.2) is 0 Å². The molecule has 2 saturated heterocycles. The van der Waals surface area contributed by atoms with Crippen LogP contribution < -0.4 is 9.80 Å². The molecule has 2 aromatic rings. The first kappa shape index (κ1) is 22.1. The summed E-state index contributed by atoms with van der Waals surface area (Å²) in [5.41, 5.74) is -0.0999. The zero-order chi connectivity index (χ0) is 22.9. The summed E-state index contributed by atoms with van der Waals surface area (Å²) in [7, 11) is 0. The summed E-state index contributed by atoms with van der Waals surface area (Å²) in [6.45, 7) is 4.27. The molecule has 0 bridgehead atoms. The van der Waals surface area contributed by atoms with Gasteiger partial charge in [-0.3, -0.25) is 14.6 Å². The summed E-state index contributed by atoms with van der Waals surface area (Å²) in [5, 5.41) is 0. The van der Waals surface area contributed by atoms with E-state index < -0.39 is 17.8 Å². The molecule has 2 aliphatic heterocycles. The third kappa shape index (κ3) is 4.40. The van der Waals surface area contributed by atoms with Crippen LogP contribution >= 0.6 is 0 Å². The topological polar surface area (TPSA) is 60.0 Å². The fourth-order valence-corrected chi connectivity index (χ4v) is 4.06. The summed E-state index contributed by atoms with van der Waals surface area (Å²) >= 11 is 0. The summed E-state index contributed by atoms with van der Waals surface area (Å²) in [5.74, 6) is 0.237. The van der Waals surface area contributed by atoms with E-state index in [1.165, 1.54) is 15.9 Å². The van der Waals surface area contributed by atoms with Gasteiger partial charge in [0.05, 0.1) is 12.2 Å². The lowest BCUT2D eigenvalue weighted by atomic mass is 10.2. The van der Waals surface area contributed by atoms with E-state index >= 15 is 0 Å². The van der Waals surface area contributed by atoms with Crippen molar-refractivity contribution >= 4 is 23.4 Å². The van der Waals surface area contributed by atoms with Gasteiger partial charge in [0.2, 0.25) is 0 Å². The van der Waals surface area contributed by atoms with E-state index in [4.69, 9.17) is 0 Å². The molecule has 0 unspecified atom stereocenters. The number of halogens is 3. The number of hydrogen-bond donors (Lipinski definition) is 0. The predicted octanol–water partition coefficient (Wildman–Crippen LogP) is 3.43. The number of anilines is 2. The molecule has 0 aliphatic carbocycles. The molecule has 3 heterocycles. The number of para-hydroxylation sites is 1. The number of benzene rings is 1. The van der Waals surface area contributed by atoms with Crippen LogP contribution in [0.1, 0.15) is 18.9 Å². The molecule has 10 heteroatoms. The number of carbonyl (C=O) groups is 2. The maximum absolute atomic E-state index is 13.0. The number of alkyl halides is 3. The monoisotopic (exact) mass is 447 g/mol. The Morgan fingerprint density at radius 1 is 1.00 bits per heavy atom. The van der Waals surface area contributed by atoms with Crippen LogP contribution in [0.4, 0.5) is 29.5 Å². The minimum absolute atomic E-state index is 0.180. The second kappa shape index (κ2) is 8.78. The van der Waals surface area contributed by atoms with Crippen molar-refractivity contribution in [3.63, 3.8) is 0 Å². The van der Waals surface area contributed by atoms with Crippen LogP contribution in [0, 0.1) is 0 Å². The number of hydrogen-bond acceptors (Lipinski definition) is 5. The molecule has 2 fully saturated rings. The van der Waals surface area contributed by atoms with E-state index in [2.05, 4.69) is 4.98 Å². The highest BCUT2D eigenvalue weighted by molar-refractivity contribution is 6.14. The highest BCUT2D eigenvalue weighted by atomic mass is 19.4. The van der Waals surface area contributed by atoms with Crippen molar-refractivity contribution in [2.24, 2.45) is 0 Å². The Bertz CT molecular complexity index is 968. The summed E-state index contributed by atoms with van der Waals surface area (Å²) in [4.78, 5) is 36.4. The van der Waals surface area contributed by atoms with Crippen molar-refractivity contribution in [3.8, 4) is 0 Å². The van der Waals surface area contributed by atoms with Crippen molar-refractivity contribution in [1.29, 1.82) is 0 Å². The van der Waals surface area contributed by atoms with E-state index in [1.54, 1.807) is 19.1 Å². The number of urea groups is 1. The molecule has 0 saturated carbocycles. The van der Waals surface area contributed by atoms with E-state index in [-0.39, 0.29) is 18.6 Å². The quantitative estimate of drug-likeness (QED) is 0.673. The predicted molar refractivity (Wildman–Crippen MR) is 113 cm³/mol. The zero-order valence-corrected chi connectivity index (χ0v) is 17.6. The Balaban J connectivity index is 1.40. The normalized spacial score (nSPS) is 20.8. The Morgan fingerprint density at radius 2 is 1.75 bits per heavy atom. The van der Waals surface area contributed by atoms with Crippen LogP contribution in [-0.2, 0) is 11.0 Å². The average Bonchev–Trinajstić information content (AvgIpc) is 2.94. The Labute approximate surface area is 184 Å². The number of pyridine rings is 1. The van der Waals surface area contributed by atoms with Crippen LogP contribution in [0.5, 0.6) is 0 Å². The van der Waals surface area contributed by atoms with Gasteiger partial charge in [-0.1, -0.05) is 18.2 Å². The number of aromatic nitrogens is 1. The summed E-state index contributed by atoms with van der Waals surface area (Å²) in [6, 6.07) is 10.6. The van der Waals surface area contributed by atoms with Crippen LogP contribution in [0.25, 0.3) is 0 Å². The molecule has 0 N–H and O–H groups in total. The minimum Gasteiger partial charge on any atom is -0.355 e. The Hall–Kier alpha value is -3.14. The Kier molecular flexibility index (Phi) is 6.05. The van der Waals surface area contributed by atoms with Gasteiger partial charge in [0, 0.05) is 38.1 Å². The van der Waals surface area contributed by atoms with E-state index in [0.717, 1.165) is 18.7 Å². The fraction of sp³-hybridized carbons (Fsp3) is 0.409. The first-order valence-corrected chi connectivity index (χ1v) is 10.5. The molecule has 0 spiro atoms. The van der Waals surface area contributed by atoms with E-state index in [0.29, 0.717) is 37.7 Å². The van der Waals surface area contributed by atoms with Crippen molar-refractivity contribution in [2.75, 3.05) is 42.6 Å². The molecular weight excluding hydrogens is 423 g/mol. The van der Waals surface area contributed by atoms with Gasteiger partial charge >= 0.3 is 12.2 Å². The summed E-state index contributed by atoms with van der Waals surface area (Å²) < 4.78 is 38.3. The van der Waals surface area contributed by atoms with Crippen molar-refractivity contribution in [3.05, 3.63) is 54.2 Å². The standard InChI is InChI=1S/C22H24F3N5O2/c1-16-20(31)29(21(32)30(16)18-6-3-2-4-7-18)15-27-10-5-11-28(13-12-27)19-9-8-17(14-26-19)22(23,24)25/h2-4,6-9,14,16H,5,10-13,15H2,1H3/t16-/m0/s1. The maximum atomic E-state index is 13.0. The summed E-state index contributed by atoms with van der Waals surface area (Å²) in [6.07, 6.45) is -2.84. The van der Waals surface area contributed by atoms with Gasteiger partial charge in [-0.15, -0.1) is 0 Å². The molecule has 170 valence electrons. The van der Waals surface area contributed by atoms with Crippen LogP contribution in [0.2, 0.25) is 0 Å². The number of rotatable bonds is 4. The van der Waals surface area contributed by atoms with E-state index in [9.17, 15) is 22.8 Å². The fourth-order valence-electron chi connectivity index (χ4n) is 4.06. The molecule has 1 atom stereocenters. The minimum atomic E-state index is -4.42. The molecule has 1 aromatic carbocycles. The number of amides is 3. The lowest BCUT2D eigenvalue weighted by Crippen LogP contribution is -2.43. The van der Waals surface area contributed by atoms with E-state index in [1.807, 2.05) is 28.0 Å². The van der Waals surface area contributed by atoms with Gasteiger partial charge in [-0.05, 0) is 37.6 Å². The lowest BCUT2D eigenvalue weighted by Gasteiger charge is -2.26. The van der Waals surface area contributed by atoms with Gasteiger partial charge in [-0.2, -0.15) is 13.2 Å². The van der Waals surface area contributed by atoms with Gasteiger partial charge in [-0.25, -0.2) is 14.7 Å². The molecule has 4 rings (SSSR count). The second-order valence-electron chi connectivity index (χ2n) is 7.93. The number of nitrogens with zero attached hydrogens (tertiary/aromatic N) is 5. The van der Waals surface area contributed by atoms with Crippen molar-refractivity contribution < 1.29 is 22.8 Å². The zero-order valence-electron chi connectivity index (χ0n) is 17.6. The SMILES string of the molecule is C[C@H]1C(=O)N(CN2CCCN(c3ccc(C(F)(F)F)cn3)CC2)C(=O)N1c1ccccc1. The Morgan fingerprint density at radius 3 is 2.41 bits per heavy atom. The molecule has 3 amide bonds. The van der Waals surface area contributed by atoms with Crippen LogP contribution in [0.3, 0.4) is 0 Å². The highest BCUT2D eigenvalue weighted by Crippen LogP contribution is 2.30. The van der Waals surface area contributed by atoms with Crippen molar-refractivity contribution in [2.45, 2.75) is 25.6 Å². The molecule has 7 nitrogen and oxygen atoms in total. The first-order chi connectivity index (χ1) is 15.3. The molecule has 32 heavy (non-hydrogen) atoms. The van der Waals surface area contributed by atoms with Gasteiger partial charge < -0.3 is 4.90 Å². The largest absolute Gasteiger partial charge is 0.417 e. The smallest absolute Gasteiger partial charge is 0.355 e. The van der Waals surface area contributed by atoms with Crippen LogP contribution in [0.15, 0.2) is 48.7 Å². The lowest BCUT2D eigenvalue weighted by molar-refractivity contribution is -0.137. The van der Waals surface area contributed by atoms with Gasteiger partial charge in [0.1, 0.15) is 11.9 Å². The number of imide groups is 1. The third-order valence-corrected chi connectivity index (χ3v) is 5.81. The van der Waals surface area contributed by atoms with Crippen LogP contribution in [-0.4, -0.2) is 65.6 Å². The third-order valence-electron chi connectivity index (χ3n) is 5.81. The van der Waals surface area contributed by atoms with Crippen molar-refractivity contribution in [1.82, 2.24) is 14.8 Å².